The molecule has 0 saturated heterocycles. The molecule has 22 heavy (non-hydrogen) atoms. The Morgan fingerprint density at radius 3 is 2.50 bits per heavy atom. The van der Waals surface area contributed by atoms with Crippen molar-refractivity contribution in [2.45, 2.75) is 0 Å². The van der Waals surface area contributed by atoms with Gasteiger partial charge in [0.1, 0.15) is 0 Å². The van der Waals surface area contributed by atoms with Crippen LogP contribution in [-0.4, -0.2) is 15.9 Å². The normalized spacial score (nSPS) is 10.2. The van der Waals surface area contributed by atoms with Crippen LogP contribution in [0.15, 0.2) is 67.5 Å². The van der Waals surface area contributed by atoms with Gasteiger partial charge in [-0.2, -0.15) is 0 Å². The minimum absolute atomic E-state index is 0.269. The lowest BCUT2D eigenvalue weighted by molar-refractivity contribution is -0.111. The number of nitrogens with zero attached hydrogens (tertiary/aromatic N) is 2. The van der Waals surface area contributed by atoms with Crippen molar-refractivity contribution in [1.82, 2.24) is 9.97 Å². The van der Waals surface area contributed by atoms with E-state index in [0.29, 0.717) is 5.13 Å². The average Bonchev–Trinajstić information content (AvgIpc) is 3.00. The maximum atomic E-state index is 11.5. The summed E-state index contributed by atoms with van der Waals surface area (Å²) in [5, 5.41) is 3.28. The van der Waals surface area contributed by atoms with E-state index in [4.69, 9.17) is 0 Å². The SMILES string of the molecule is C=CC(=O)Nc1nc(-c2ccccc2)c(-c2ccncc2)s1. The Hall–Kier alpha value is -2.79. The van der Waals surface area contributed by atoms with Gasteiger partial charge in [0, 0.05) is 18.0 Å². The molecule has 3 aromatic rings. The smallest absolute Gasteiger partial charge is 0.249 e. The lowest BCUT2D eigenvalue weighted by atomic mass is 10.1. The van der Waals surface area contributed by atoms with Crippen LogP contribution >= 0.6 is 11.3 Å². The van der Waals surface area contributed by atoms with E-state index in [0.717, 1.165) is 21.7 Å². The molecule has 0 spiro atoms. The number of benzene rings is 1. The van der Waals surface area contributed by atoms with Crippen molar-refractivity contribution in [3.63, 3.8) is 0 Å². The van der Waals surface area contributed by atoms with Gasteiger partial charge < -0.3 is 0 Å². The van der Waals surface area contributed by atoms with Crippen LogP contribution in [0.2, 0.25) is 0 Å². The molecular formula is C17H13N3OS. The van der Waals surface area contributed by atoms with Gasteiger partial charge in [0.15, 0.2) is 5.13 Å². The van der Waals surface area contributed by atoms with Crippen LogP contribution in [0.1, 0.15) is 0 Å². The van der Waals surface area contributed by atoms with E-state index in [9.17, 15) is 4.79 Å². The van der Waals surface area contributed by atoms with E-state index in [-0.39, 0.29) is 5.91 Å². The van der Waals surface area contributed by atoms with Crippen molar-refractivity contribution < 1.29 is 4.79 Å². The zero-order valence-electron chi connectivity index (χ0n) is 11.7. The van der Waals surface area contributed by atoms with Gasteiger partial charge in [0.25, 0.3) is 0 Å². The Bertz CT molecular complexity index is 740. The molecule has 4 nitrogen and oxygen atoms in total. The van der Waals surface area contributed by atoms with E-state index in [2.05, 4.69) is 21.9 Å². The lowest BCUT2D eigenvalue weighted by Crippen LogP contribution is -2.06. The zero-order valence-corrected chi connectivity index (χ0v) is 12.5. The van der Waals surface area contributed by atoms with Gasteiger partial charge in [-0.15, -0.1) is 0 Å². The molecular weight excluding hydrogens is 294 g/mol. The number of carbonyl (C=O) groups is 1. The molecule has 1 N–H and O–H groups in total. The topological polar surface area (TPSA) is 54.9 Å². The van der Waals surface area contributed by atoms with Crippen molar-refractivity contribution in [2.24, 2.45) is 0 Å². The summed E-state index contributed by atoms with van der Waals surface area (Å²) < 4.78 is 0. The van der Waals surface area contributed by atoms with Gasteiger partial charge in [0.05, 0.1) is 10.6 Å². The number of hydrogen-bond acceptors (Lipinski definition) is 4. The highest BCUT2D eigenvalue weighted by atomic mass is 32.1. The highest BCUT2D eigenvalue weighted by Gasteiger charge is 2.15. The van der Waals surface area contributed by atoms with Crippen molar-refractivity contribution in [3.8, 4) is 21.7 Å². The fourth-order valence-corrected chi connectivity index (χ4v) is 3.02. The van der Waals surface area contributed by atoms with E-state index in [1.165, 1.54) is 17.4 Å². The molecule has 2 heterocycles. The molecule has 0 unspecified atom stereocenters. The number of rotatable bonds is 4. The molecule has 2 aromatic heterocycles. The summed E-state index contributed by atoms with van der Waals surface area (Å²) in [5.41, 5.74) is 2.87. The predicted octanol–water partition coefficient (Wildman–Crippen LogP) is 4.00. The molecule has 0 atom stereocenters. The largest absolute Gasteiger partial charge is 0.298 e. The van der Waals surface area contributed by atoms with E-state index >= 15 is 0 Å². The Morgan fingerprint density at radius 2 is 1.82 bits per heavy atom. The summed E-state index contributed by atoms with van der Waals surface area (Å²) in [5.74, 6) is -0.269. The maximum absolute atomic E-state index is 11.5. The Morgan fingerprint density at radius 1 is 1.09 bits per heavy atom. The first-order valence-corrected chi connectivity index (χ1v) is 7.49. The zero-order chi connectivity index (χ0) is 15.4. The molecule has 3 rings (SSSR count). The standard InChI is InChI=1S/C17H13N3OS/c1-2-14(21)19-17-20-15(12-6-4-3-5-7-12)16(22-17)13-8-10-18-11-9-13/h2-11H,1H2,(H,19,20,21). The number of amides is 1. The first kappa shape index (κ1) is 14.2. The van der Waals surface area contributed by atoms with E-state index in [1.54, 1.807) is 12.4 Å². The number of aromatic nitrogens is 2. The van der Waals surface area contributed by atoms with Crippen LogP contribution < -0.4 is 5.32 Å². The summed E-state index contributed by atoms with van der Waals surface area (Å²) in [6.45, 7) is 3.46. The second-order valence-corrected chi connectivity index (χ2v) is 5.49. The van der Waals surface area contributed by atoms with E-state index in [1.807, 2.05) is 42.5 Å². The third-order valence-corrected chi connectivity index (χ3v) is 4.05. The maximum Gasteiger partial charge on any atom is 0.249 e. The fraction of sp³-hybridized carbons (Fsp3) is 0. The van der Waals surface area contributed by atoms with Crippen LogP contribution in [0.3, 0.4) is 0 Å². The van der Waals surface area contributed by atoms with Crippen molar-refractivity contribution in [2.75, 3.05) is 5.32 Å². The molecule has 108 valence electrons. The third-order valence-electron chi connectivity index (χ3n) is 3.03. The van der Waals surface area contributed by atoms with Gasteiger partial charge in [-0.05, 0) is 23.8 Å². The summed E-state index contributed by atoms with van der Waals surface area (Å²) in [4.78, 5) is 21.1. The average molecular weight is 307 g/mol. The number of pyridine rings is 1. The Balaban J connectivity index is 2.10. The lowest BCUT2D eigenvalue weighted by Gasteiger charge is -2.01. The summed E-state index contributed by atoms with van der Waals surface area (Å²) in [7, 11) is 0. The van der Waals surface area contributed by atoms with Crippen molar-refractivity contribution >= 4 is 22.4 Å². The minimum atomic E-state index is -0.269. The molecule has 0 radical (unpaired) electrons. The molecule has 0 aliphatic rings. The van der Waals surface area contributed by atoms with Crippen LogP contribution in [-0.2, 0) is 4.79 Å². The Kier molecular flexibility index (Phi) is 4.07. The first-order chi connectivity index (χ1) is 10.8. The monoisotopic (exact) mass is 307 g/mol. The minimum Gasteiger partial charge on any atom is -0.298 e. The van der Waals surface area contributed by atoms with E-state index < -0.39 is 0 Å². The molecule has 5 heteroatoms. The van der Waals surface area contributed by atoms with Gasteiger partial charge in [0.2, 0.25) is 5.91 Å². The Labute approximate surface area is 132 Å². The molecule has 0 bridgehead atoms. The number of anilines is 1. The molecule has 0 aliphatic carbocycles. The van der Waals surface area contributed by atoms with Crippen LogP contribution in [0.4, 0.5) is 5.13 Å². The van der Waals surface area contributed by atoms with Gasteiger partial charge in [-0.25, -0.2) is 4.98 Å². The molecule has 0 fully saturated rings. The fourth-order valence-electron chi connectivity index (χ4n) is 2.02. The van der Waals surface area contributed by atoms with Crippen molar-refractivity contribution in [3.05, 3.63) is 67.5 Å². The van der Waals surface area contributed by atoms with Gasteiger partial charge in [-0.3, -0.25) is 15.1 Å². The summed E-state index contributed by atoms with van der Waals surface area (Å²) >= 11 is 1.43. The second-order valence-electron chi connectivity index (χ2n) is 4.49. The van der Waals surface area contributed by atoms with Gasteiger partial charge >= 0.3 is 0 Å². The number of nitrogens with one attached hydrogen (secondary N) is 1. The second kappa shape index (κ2) is 6.32. The summed E-state index contributed by atoms with van der Waals surface area (Å²) in [6.07, 6.45) is 4.72. The van der Waals surface area contributed by atoms with Crippen LogP contribution in [0.25, 0.3) is 21.7 Å². The highest BCUT2D eigenvalue weighted by molar-refractivity contribution is 7.19. The predicted molar refractivity (Wildman–Crippen MR) is 89.6 cm³/mol. The highest BCUT2D eigenvalue weighted by Crippen LogP contribution is 2.38. The summed E-state index contributed by atoms with van der Waals surface area (Å²) in [6, 6.07) is 13.7. The number of hydrogen-bond donors (Lipinski definition) is 1. The molecule has 0 aliphatic heterocycles. The molecule has 1 aromatic carbocycles. The van der Waals surface area contributed by atoms with Crippen LogP contribution in [0, 0.1) is 0 Å². The molecule has 0 saturated carbocycles. The number of thiazole rings is 1. The first-order valence-electron chi connectivity index (χ1n) is 6.68. The van der Waals surface area contributed by atoms with Gasteiger partial charge in [-0.1, -0.05) is 48.2 Å². The number of carbonyl (C=O) groups excluding carboxylic acids is 1. The third kappa shape index (κ3) is 2.94. The van der Waals surface area contributed by atoms with Crippen molar-refractivity contribution in [1.29, 1.82) is 0 Å². The van der Waals surface area contributed by atoms with Crippen LogP contribution in [0.5, 0.6) is 0 Å². The molecule has 1 amide bonds. The quantitative estimate of drug-likeness (QED) is 0.741.